The second-order valence-electron chi connectivity index (χ2n) is 5.80. The normalized spacial score (nSPS) is 23.8. The van der Waals surface area contributed by atoms with Crippen LogP contribution in [-0.4, -0.2) is 54.6 Å². The van der Waals surface area contributed by atoms with Gasteiger partial charge >= 0.3 is 0 Å². The number of rotatable bonds is 3. The van der Waals surface area contributed by atoms with E-state index in [0.717, 1.165) is 38.0 Å². The molecule has 1 aromatic carbocycles. The van der Waals surface area contributed by atoms with Gasteiger partial charge in [-0.05, 0) is 30.5 Å². The van der Waals surface area contributed by atoms with Crippen molar-refractivity contribution in [1.82, 2.24) is 9.80 Å². The fourth-order valence-electron chi connectivity index (χ4n) is 3.16. The third-order valence-corrected chi connectivity index (χ3v) is 4.72. The van der Waals surface area contributed by atoms with Crippen LogP contribution in [0.25, 0.3) is 0 Å². The molecule has 2 saturated heterocycles. The highest BCUT2D eigenvalue weighted by molar-refractivity contribution is 6.31. The van der Waals surface area contributed by atoms with Crippen molar-refractivity contribution in [3.8, 4) is 0 Å². The van der Waals surface area contributed by atoms with Gasteiger partial charge in [-0.3, -0.25) is 9.69 Å². The minimum Gasteiger partial charge on any atom is -0.379 e. The van der Waals surface area contributed by atoms with Crippen LogP contribution >= 0.6 is 11.6 Å². The molecule has 4 nitrogen and oxygen atoms in total. The molecule has 0 unspecified atom stereocenters. The van der Waals surface area contributed by atoms with Gasteiger partial charge in [-0.2, -0.15) is 0 Å². The van der Waals surface area contributed by atoms with E-state index < -0.39 is 0 Å². The van der Waals surface area contributed by atoms with Crippen molar-refractivity contribution in [3.63, 3.8) is 0 Å². The van der Waals surface area contributed by atoms with Crippen molar-refractivity contribution in [2.75, 3.05) is 32.8 Å². The Bertz CT molecular complexity index is 549. The van der Waals surface area contributed by atoms with Gasteiger partial charge in [-0.25, -0.2) is 4.39 Å². The zero-order chi connectivity index (χ0) is 15.5. The number of piperidine rings is 1. The van der Waals surface area contributed by atoms with Crippen molar-refractivity contribution in [1.29, 1.82) is 0 Å². The van der Waals surface area contributed by atoms with Gasteiger partial charge in [0.15, 0.2) is 0 Å². The Hall–Kier alpha value is -1.17. The highest BCUT2D eigenvalue weighted by atomic mass is 35.5. The first-order valence-corrected chi connectivity index (χ1v) is 8.07. The number of hydrogen-bond acceptors (Lipinski definition) is 3. The number of amides is 1. The van der Waals surface area contributed by atoms with Gasteiger partial charge in [0.2, 0.25) is 5.91 Å². The summed E-state index contributed by atoms with van der Waals surface area (Å²) in [6.45, 7) is 4.16. The van der Waals surface area contributed by atoms with Gasteiger partial charge in [0.25, 0.3) is 0 Å². The number of likely N-dealkylation sites (tertiary alicyclic amines) is 1. The van der Waals surface area contributed by atoms with E-state index in [9.17, 15) is 9.18 Å². The molecule has 2 aliphatic heterocycles. The molecule has 120 valence electrons. The molecule has 0 aromatic heterocycles. The molecule has 2 fully saturated rings. The summed E-state index contributed by atoms with van der Waals surface area (Å²) in [5.41, 5.74) is 0.791. The molecule has 2 aliphatic rings. The second kappa shape index (κ2) is 6.94. The van der Waals surface area contributed by atoms with Gasteiger partial charge in [0.05, 0.1) is 19.3 Å². The predicted octanol–water partition coefficient (Wildman–Crippen LogP) is 2.30. The van der Waals surface area contributed by atoms with Crippen LogP contribution in [0.15, 0.2) is 18.2 Å². The van der Waals surface area contributed by atoms with Crippen molar-refractivity contribution >= 4 is 17.5 Å². The topological polar surface area (TPSA) is 32.8 Å². The molecule has 1 amide bonds. The monoisotopic (exact) mass is 326 g/mol. The lowest BCUT2D eigenvalue weighted by molar-refractivity contribution is -0.142. The zero-order valence-electron chi connectivity index (χ0n) is 12.4. The summed E-state index contributed by atoms with van der Waals surface area (Å²) in [4.78, 5) is 16.8. The molecule has 3 rings (SSSR count). The summed E-state index contributed by atoms with van der Waals surface area (Å²) >= 11 is 6.08. The third kappa shape index (κ3) is 3.42. The molecular formula is C16H20ClFN2O2. The lowest BCUT2D eigenvalue weighted by Crippen LogP contribution is -2.54. The fraction of sp³-hybridized carbons (Fsp3) is 0.562. The Morgan fingerprint density at radius 1 is 1.27 bits per heavy atom. The van der Waals surface area contributed by atoms with Gasteiger partial charge in [0.1, 0.15) is 5.82 Å². The quantitative estimate of drug-likeness (QED) is 0.854. The fourth-order valence-corrected chi connectivity index (χ4v) is 3.39. The zero-order valence-corrected chi connectivity index (χ0v) is 13.2. The van der Waals surface area contributed by atoms with Crippen LogP contribution in [0, 0.1) is 5.82 Å². The molecule has 6 heteroatoms. The van der Waals surface area contributed by atoms with Gasteiger partial charge in [-0.15, -0.1) is 0 Å². The van der Waals surface area contributed by atoms with Crippen molar-refractivity contribution in [2.24, 2.45) is 0 Å². The Kier molecular flexibility index (Phi) is 4.96. The molecule has 2 heterocycles. The number of benzene rings is 1. The Labute approximate surface area is 134 Å². The molecule has 1 aromatic rings. The van der Waals surface area contributed by atoms with E-state index in [4.69, 9.17) is 16.3 Å². The van der Waals surface area contributed by atoms with E-state index in [1.807, 2.05) is 4.90 Å². The maximum atomic E-state index is 13.1. The number of ether oxygens (including phenoxy) is 1. The van der Waals surface area contributed by atoms with E-state index >= 15 is 0 Å². The molecule has 0 bridgehead atoms. The van der Waals surface area contributed by atoms with Crippen LogP contribution in [0.4, 0.5) is 4.39 Å². The molecule has 22 heavy (non-hydrogen) atoms. The average molecular weight is 327 g/mol. The first-order valence-electron chi connectivity index (χ1n) is 7.69. The first kappa shape index (κ1) is 15.7. The minimum absolute atomic E-state index is 0.0585. The van der Waals surface area contributed by atoms with Crippen LogP contribution in [0.1, 0.15) is 18.4 Å². The molecular weight excluding hydrogens is 307 g/mol. The number of nitrogens with zero attached hydrogens (tertiary/aromatic N) is 2. The number of carbonyl (C=O) groups is 1. The maximum absolute atomic E-state index is 13.1. The largest absolute Gasteiger partial charge is 0.379 e. The van der Waals surface area contributed by atoms with Gasteiger partial charge in [0, 0.05) is 31.2 Å². The summed E-state index contributed by atoms with van der Waals surface area (Å²) in [7, 11) is 0. The number of halogens is 2. The molecule has 0 radical (unpaired) electrons. The highest BCUT2D eigenvalue weighted by Gasteiger charge is 2.34. The standard InChI is InChI=1S/C16H20ClFN2O2/c17-14-10-13(18)4-3-12(14)11-20-5-1-2-15(16(20)21)19-6-8-22-9-7-19/h3-4,10,15H,1-2,5-9,11H2/t15-/m1/s1. The molecule has 0 spiro atoms. The number of carbonyl (C=O) groups excluding carboxylic acids is 1. The van der Waals surface area contributed by atoms with Crippen molar-refractivity contribution < 1.29 is 13.9 Å². The van der Waals surface area contributed by atoms with E-state index in [1.165, 1.54) is 12.1 Å². The van der Waals surface area contributed by atoms with Gasteiger partial charge < -0.3 is 9.64 Å². The summed E-state index contributed by atoms with van der Waals surface area (Å²) in [6, 6.07) is 4.28. The molecule has 1 atom stereocenters. The number of morpholine rings is 1. The first-order chi connectivity index (χ1) is 10.6. The second-order valence-corrected chi connectivity index (χ2v) is 6.21. The van der Waals surface area contributed by atoms with Crippen molar-refractivity contribution in [3.05, 3.63) is 34.6 Å². The SMILES string of the molecule is O=C1[C@H](N2CCOCC2)CCCN1Cc1ccc(F)cc1Cl. The molecule has 0 aliphatic carbocycles. The van der Waals surface area contributed by atoms with E-state index in [0.29, 0.717) is 24.8 Å². The van der Waals surface area contributed by atoms with Crippen molar-refractivity contribution in [2.45, 2.75) is 25.4 Å². The predicted molar refractivity (Wildman–Crippen MR) is 82.2 cm³/mol. The lowest BCUT2D eigenvalue weighted by atomic mass is 10.0. The van der Waals surface area contributed by atoms with Crippen LogP contribution in [0.3, 0.4) is 0 Å². The Balaban J connectivity index is 1.69. The summed E-state index contributed by atoms with van der Waals surface area (Å²) in [5, 5.41) is 0.376. The van der Waals surface area contributed by atoms with Crippen LogP contribution in [-0.2, 0) is 16.1 Å². The highest BCUT2D eigenvalue weighted by Crippen LogP contribution is 2.24. The molecule has 0 saturated carbocycles. The summed E-state index contributed by atoms with van der Waals surface area (Å²) in [5.74, 6) is -0.210. The third-order valence-electron chi connectivity index (χ3n) is 4.37. The number of hydrogen-bond donors (Lipinski definition) is 0. The Morgan fingerprint density at radius 3 is 2.77 bits per heavy atom. The minimum atomic E-state index is -0.357. The summed E-state index contributed by atoms with van der Waals surface area (Å²) in [6.07, 6.45) is 1.87. The van der Waals surface area contributed by atoms with Crippen LogP contribution < -0.4 is 0 Å². The van der Waals surface area contributed by atoms with Crippen LogP contribution in [0.2, 0.25) is 5.02 Å². The maximum Gasteiger partial charge on any atom is 0.240 e. The lowest BCUT2D eigenvalue weighted by Gasteiger charge is -2.40. The van der Waals surface area contributed by atoms with E-state index in [1.54, 1.807) is 6.07 Å². The Morgan fingerprint density at radius 2 is 2.05 bits per heavy atom. The van der Waals surface area contributed by atoms with Gasteiger partial charge in [-0.1, -0.05) is 17.7 Å². The molecule has 0 N–H and O–H groups in total. The van der Waals surface area contributed by atoms with Crippen LogP contribution in [0.5, 0.6) is 0 Å². The average Bonchev–Trinajstić information content (AvgIpc) is 2.53. The van der Waals surface area contributed by atoms with E-state index in [2.05, 4.69) is 4.90 Å². The smallest absolute Gasteiger partial charge is 0.240 e. The van der Waals surface area contributed by atoms with E-state index in [-0.39, 0.29) is 17.8 Å². The summed E-state index contributed by atoms with van der Waals surface area (Å²) < 4.78 is 18.5.